The normalized spacial score (nSPS) is 19.0. The van der Waals surface area contributed by atoms with Gasteiger partial charge in [-0.1, -0.05) is 6.07 Å². The van der Waals surface area contributed by atoms with E-state index < -0.39 is 29.4 Å². The Balaban J connectivity index is 1.96. The summed E-state index contributed by atoms with van der Waals surface area (Å²) in [5, 5.41) is 2.81. The molecule has 0 bridgehead atoms. The zero-order valence-electron chi connectivity index (χ0n) is 15.6. The Morgan fingerprint density at radius 1 is 1.27 bits per heavy atom. The fraction of sp³-hybridized carbons (Fsp3) is 0.579. The Labute approximate surface area is 152 Å². The third-order valence-corrected chi connectivity index (χ3v) is 4.25. The van der Waals surface area contributed by atoms with Gasteiger partial charge in [0, 0.05) is 13.1 Å². The second kappa shape index (κ2) is 8.01. The first-order valence-corrected chi connectivity index (χ1v) is 8.80. The van der Waals surface area contributed by atoms with Crippen molar-refractivity contribution in [1.29, 1.82) is 0 Å². The van der Waals surface area contributed by atoms with Crippen LogP contribution in [0.15, 0.2) is 18.2 Å². The number of piperidine rings is 1. The zero-order valence-corrected chi connectivity index (χ0v) is 15.6. The van der Waals surface area contributed by atoms with Crippen LogP contribution in [0.5, 0.6) is 0 Å². The Morgan fingerprint density at radius 3 is 2.58 bits per heavy atom. The van der Waals surface area contributed by atoms with Gasteiger partial charge in [-0.3, -0.25) is 4.79 Å². The summed E-state index contributed by atoms with van der Waals surface area (Å²) in [4.78, 5) is 26.3. The first-order chi connectivity index (χ1) is 12.1. The van der Waals surface area contributed by atoms with E-state index in [-0.39, 0.29) is 18.4 Å². The van der Waals surface area contributed by atoms with E-state index in [1.54, 1.807) is 32.6 Å². The van der Waals surface area contributed by atoms with Gasteiger partial charge < -0.3 is 15.0 Å². The zero-order chi connectivity index (χ0) is 19.5. The maximum Gasteiger partial charge on any atom is 0.410 e. The summed E-state index contributed by atoms with van der Waals surface area (Å²) in [5.74, 6) is -2.44. The van der Waals surface area contributed by atoms with Crippen molar-refractivity contribution in [2.24, 2.45) is 5.92 Å². The van der Waals surface area contributed by atoms with Gasteiger partial charge in [-0.25, -0.2) is 13.6 Å². The summed E-state index contributed by atoms with van der Waals surface area (Å²) < 4.78 is 31.8. The third-order valence-electron chi connectivity index (χ3n) is 4.25. The molecule has 0 radical (unpaired) electrons. The van der Waals surface area contributed by atoms with Crippen molar-refractivity contribution in [1.82, 2.24) is 10.2 Å². The van der Waals surface area contributed by atoms with E-state index in [1.165, 1.54) is 6.07 Å². The number of carbonyl (C=O) groups is 2. The van der Waals surface area contributed by atoms with Crippen LogP contribution in [0.4, 0.5) is 13.6 Å². The molecular formula is C19H26F2N2O3. The molecule has 0 saturated carbocycles. The molecule has 1 aromatic carbocycles. The number of hydrogen-bond acceptors (Lipinski definition) is 3. The minimum atomic E-state index is -0.947. The van der Waals surface area contributed by atoms with Crippen LogP contribution in [-0.2, 0) is 9.53 Å². The Morgan fingerprint density at radius 2 is 1.96 bits per heavy atom. The molecule has 144 valence electrons. The summed E-state index contributed by atoms with van der Waals surface area (Å²) in [7, 11) is 0. The van der Waals surface area contributed by atoms with Crippen LogP contribution in [-0.4, -0.2) is 35.6 Å². The van der Waals surface area contributed by atoms with Gasteiger partial charge in [-0.15, -0.1) is 0 Å². The summed E-state index contributed by atoms with van der Waals surface area (Å²) in [5.41, 5.74) is -0.106. The minimum Gasteiger partial charge on any atom is -0.444 e. The van der Waals surface area contributed by atoms with E-state index in [4.69, 9.17) is 4.74 Å². The number of nitrogens with one attached hydrogen (secondary N) is 1. The maximum absolute atomic E-state index is 13.4. The van der Waals surface area contributed by atoms with Gasteiger partial charge in [-0.2, -0.15) is 0 Å². The highest BCUT2D eigenvalue weighted by molar-refractivity contribution is 5.80. The molecule has 5 nitrogen and oxygen atoms in total. The van der Waals surface area contributed by atoms with Crippen LogP contribution in [0.2, 0.25) is 0 Å². The second-order valence-electron chi connectivity index (χ2n) is 7.67. The van der Waals surface area contributed by atoms with Gasteiger partial charge in [0.1, 0.15) is 5.60 Å². The molecule has 0 aromatic heterocycles. The highest BCUT2D eigenvalue weighted by Gasteiger charge is 2.31. The SMILES string of the molecule is CC(NC(=O)C1CCCN(C(=O)OC(C)(C)C)C1)c1ccc(F)c(F)c1. The molecule has 1 N–H and O–H groups in total. The topological polar surface area (TPSA) is 58.6 Å². The lowest BCUT2D eigenvalue weighted by molar-refractivity contribution is -0.127. The monoisotopic (exact) mass is 368 g/mol. The molecule has 7 heteroatoms. The molecule has 2 atom stereocenters. The third kappa shape index (κ3) is 5.41. The number of amides is 2. The van der Waals surface area contributed by atoms with Crippen molar-refractivity contribution in [3.05, 3.63) is 35.4 Å². The average molecular weight is 368 g/mol. The van der Waals surface area contributed by atoms with Crippen molar-refractivity contribution in [2.75, 3.05) is 13.1 Å². The van der Waals surface area contributed by atoms with Crippen LogP contribution in [0.25, 0.3) is 0 Å². The second-order valence-corrected chi connectivity index (χ2v) is 7.67. The maximum atomic E-state index is 13.4. The van der Waals surface area contributed by atoms with Crippen LogP contribution in [0.1, 0.15) is 52.1 Å². The summed E-state index contributed by atoms with van der Waals surface area (Å²) in [6.07, 6.45) is 0.940. The predicted octanol–water partition coefficient (Wildman–Crippen LogP) is 3.79. The van der Waals surface area contributed by atoms with Crippen LogP contribution < -0.4 is 5.32 Å². The lowest BCUT2D eigenvalue weighted by Gasteiger charge is -2.34. The van der Waals surface area contributed by atoms with E-state index in [1.807, 2.05) is 0 Å². The highest BCUT2D eigenvalue weighted by Crippen LogP contribution is 2.22. The van der Waals surface area contributed by atoms with Gasteiger partial charge in [0.15, 0.2) is 11.6 Å². The molecule has 0 spiro atoms. The molecule has 1 aromatic rings. The van der Waals surface area contributed by atoms with E-state index in [2.05, 4.69) is 5.32 Å². The van der Waals surface area contributed by atoms with Crippen molar-refractivity contribution in [2.45, 2.75) is 52.2 Å². The van der Waals surface area contributed by atoms with Gasteiger partial charge in [0.05, 0.1) is 12.0 Å². The van der Waals surface area contributed by atoms with E-state index in [9.17, 15) is 18.4 Å². The molecule has 2 unspecified atom stereocenters. The number of carbonyl (C=O) groups excluding carboxylic acids is 2. The highest BCUT2D eigenvalue weighted by atomic mass is 19.2. The van der Waals surface area contributed by atoms with Crippen LogP contribution in [0.3, 0.4) is 0 Å². The molecule has 2 rings (SSSR count). The van der Waals surface area contributed by atoms with E-state index in [0.717, 1.165) is 12.1 Å². The van der Waals surface area contributed by atoms with Crippen molar-refractivity contribution >= 4 is 12.0 Å². The molecule has 2 amide bonds. The number of likely N-dealkylation sites (tertiary alicyclic amines) is 1. The van der Waals surface area contributed by atoms with Crippen molar-refractivity contribution in [3.63, 3.8) is 0 Å². The lowest BCUT2D eigenvalue weighted by Crippen LogP contribution is -2.47. The molecule has 1 saturated heterocycles. The largest absolute Gasteiger partial charge is 0.444 e. The fourth-order valence-electron chi connectivity index (χ4n) is 2.88. The molecule has 1 fully saturated rings. The molecule has 1 aliphatic rings. The smallest absolute Gasteiger partial charge is 0.410 e. The predicted molar refractivity (Wildman–Crippen MR) is 93.4 cm³/mol. The van der Waals surface area contributed by atoms with Gasteiger partial charge in [-0.05, 0) is 58.2 Å². The first-order valence-electron chi connectivity index (χ1n) is 8.80. The Hall–Kier alpha value is -2.18. The van der Waals surface area contributed by atoms with Gasteiger partial charge in [0.2, 0.25) is 5.91 Å². The number of rotatable bonds is 3. The fourth-order valence-corrected chi connectivity index (χ4v) is 2.88. The number of nitrogens with zero attached hydrogens (tertiary/aromatic N) is 1. The van der Waals surface area contributed by atoms with Crippen molar-refractivity contribution in [3.8, 4) is 0 Å². The number of ether oxygens (including phenoxy) is 1. The minimum absolute atomic E-state index is 0.213. The number of hydrogen-bond donors (Lipinski definition) is 1. The average Bonchev–Trinajstić information content (AvgIpc) is 2.55. The molecule has 0 aliphatic carbocycles. The Bertz CT molecular complexity index is 673. The summed E-state index contributed by atoms with van der Waals surface area (Å²) >= 11 is 0. The van der Waals surface area contributed by atoms with Gasteiger partial charge in [0.25, 0.3) is 0 Å². The van der Waals surface area contributed by atoms with Crippen molar-refractivity contribution < 1.29 is 23.1 Å². The summed E-state index contributed by atoms with van der Waals surface area (Å²) in [6, 6.07) is 3.10. The molecule has 1 heterocycles. The van der Waals surface area contributed by atoms with Crippen LogP contribution >= 0.6 is 0 Å². The number of halogens is 2. The Kier molecular flexibility index (Phi) is 6.21. The quantitative estimate of drug-likeness (QED) is 0.883. The molecule has 1 aliphatic heterocycles. The molecule has 26 heavy (non-hydrogen) atoms. The lowest BCUT2D eigenvalue weighted by atomic mass is 9.96. The van der Waals surface area contributed by atoms with E-state index >= 15 is 0 Å². The number of benzene rings is 1. The standard InChI is InChI=1S/C19H26F2N2O3/c1-12(13-7-8-15(20)16(21)10-13)22-17(24)14-6-5-9-23(11-14)18(25)26-19(2,3)4/h7-8,10,12,14H,5-6,9,11H2,1-4H3,(H,22,24). The van der Waals surface area contributed by atoms with Crippen LogP contribution in [0, 0.1) is 17.6 Å². The van der Waals surface area contributed by atoms with E-state index in [0.29, 0.717) is 24.9 Å². The summed E-state index contributed by atoms with van der Waals surface area (Å²) in [6.45, 7) is 7.93. The molecular weight excluding hydrogens is 342 g/mol. The first kappa shape index (κ1) is 20.1. The van der Waals surface area contributed by atoms with Gasteiger partial charge >= 0.3 is 6.09 Å².